The summed E-state index contributed by atoms with van der Waals surface area (Å²) in [5.74, 6) is 0.442. The fraction of sp³-hybridized carbons (Fsp3) is 0.381. The number of ether oxygens (including phenoxy) is 1. The Bertz CT molecular complexity index is 920. The number of benzene rings is 1. The number of hydrogen-bond donors (Lipinski definition) is 0. The van der Waals surface area contributed by atoms with E-state index in [2.05, 4.69) is 22.1 Å². The van der Waals surface area contributed by atoms with E-state index in [1.807, 2.05) is 33.7 Å². The first-order valence-corrected chi connectivity index (χ1v) is 9.37. The lowest BCUT2D eigenvalue weighted by atomic mass is 9.98. The number of aromatic nitrogens is 3. The van der Waals surface area contributed by atoms with Gasteiger partial charge in [-0.2, -0.15) is 0 Å². The van der Waals surface area contributed by atoms with E-state index in [4.69, 9.17) is 4.74 Å². The maximum absolute atomic E-state index is 12.9. The highest BCUT2D eigenvalue weighted by molar-refractivity contribution is 5.96. The second-order valence-electron chi connectivity index (χ2n) is 7.14. The smallest absolute Gasteiger partial charge is 0.255 e. The molecule has 27 heavy (non-hydrogen) atoms. The van der Waals surface area contributed by atoms with E-state index in [1.165, 1.54) is 5.56 Å². The van der Waals surface area contributed by atoms with Gasteiger partial charge in [-0.1, -0.05) is 30.3 Å². The summed E-state index contributed by atoms with van der Waals surface area (Å²) in [7, 11) is 1.71. The molecule has 1 aliphatic heterocycles. The number of piperidine rings is 1. The van der Waals surface area contributed by atoms with Crippen LogP contribution in [0.1, 0.15) is 28.8 Å². The van der Waals surface area contributed by atoms with Crippen molar-refractivity contribution in [1.29, 1.82) is 0 Å². The SMILES string of the molecule is COCC1CCCN(C(=O)c2cnc3c(c2)ncn3Cc2ccccc2)C1. The summed E-state index contributed by atoms with van der Waals surface area (Å²) in [6.45, 7) is 2.94. The van der Waals surface area contributed by atoms with Crippen LogP contribution in [0.3, 0.4) is 0 Å². The Labute approximate surface area is 158 Å². The number of pyridine rings is 1. The van der Waals surface area contributed by atoms with E-state index in [9.17, 15) is 4.79 Å². The first-order valence-electron chi connectivity index (χ1n) is 9.37. The van der Waals surface area contributed by atoms with Crippen molar-refractivity contribution in [3.05, 3.63) is 60.0 Å². The van der Waals surface area contributed by atoms with Crippen molar-refractivity contribution < 1.29 is 9.53 Å². The maximum Gasteiger partial charge on any atom is 0.255 e. The van der Waals surface area contributed by atoms with Crippen molar-refractivity contribution in [2.24, 2.45) is 5.92 Å². The van der Waals surface area contributed by atoms with Crippen LogP contribution in [0.2, 0.25) is 0 Å². The normalized spacial score (nSPS) is 17.4. The monoisotopic (exact) mass is 364 g/mol. The lowest BCUT2D eigenvalue weighted by Gasteiger charge is -2.32. The van der Waals surface area contributed by atoms with Gasteiger partial charge in [-0.3, -0.25) is 4.79 Å². The largest absolute Gasteiger partial charge is 0.384 e. The van der Waals surface area contributed by atoms with Gasteiger partial charge in [0, 0.05) is 26.4 Å². The van der Waals surface area contributed by atoms with Crippen molar-refractivity contribution >= 4 is 17.1 Å². The van der Waals surface area contributed by atoms with Crippen LogP contribution in [0.5, 0.6) is 0 Å². The molecular weight excluding hydrogens is 340 g/mol. The van der Waals surface area contributed by atoms with Gasteiger partial charge in [-0.25, -0.2) is 9.97 Å². The van der Waals surface area contributed by atoms with Crippen molar-refractivity contribution in [2.75, 3.05) is 26.8 Å². The highest BCUT2D eigenvalue weighted by Gasteiger charge is 2.25. The van der Waals surface area contributed by atoms with E-state index >= 15 is 0 Å². The number of imidazole rings is 1. The average Bonchev–Trinajstić information content (AvgIpc) is 3.11. The molecule has 1 amide bonds. The van der Waals surface area contributed by atoms with Crippen LogP contribution in [-0.2, 0) is 11.3 Å². The molecular formula is C21H24N4O2. The molecule has 0 saturated carbocycles. The molecule has 6 nitrogen and oxygen atoms in total. The van der Waals surface area contributed by atoms with Gasteiger partial charge in [0.15, 0.2) is 5.65 Å². The van der Waals surface area contributed by atoms with Gasteiger partial charge < -0.3 is 14.2 Å². The molecule has 6 heteroatoms. The number of amides is 1. The van der Waals surface area contributed by atoms with Crippen LogP contribution < -0.4 is 0 Å². The zero-order valence-electron chi connectivity index (χ0n) is 15.5. The van der Waals surface area contributed by atoms with Gasteiger partial charge in [-0.05, 0) is 30.4 Å². The predicted octanol–water partition coefficient (Wildman–Crippen LogP) is 2.98. The summed E-state index contributed by atoms with van der Waals surface area (Å²) >= 11 is 0. The molecule has 1 aliphatic rings. The van der Waals surface area contributed by atoms with Crippen molar-refractivity contribution in [2.45, 2.75) is 19.4 Å². The number of likely N-dealkylation sites (tertiary alicyclic amines) is 1. The topological polar surface area (TPSA) is 60.2 Å². The standard InChI is InChI=1S/C21H24N4O2/c1-27-14-17-8-5-9-24(13-17)21(26)18-10-19-20(22-11-18)25(15-23-19)12-16-6-3-2-4-7-16/h2-4,6-7,10-11,15,17H,5,8-9,12-14H2,1H3. The number of carbonyl (C=O) groups is 1. The zero-order valence-corrected chi connectivity index (χ0v) is 15.5. The summed E-state index contributed by atoms with van der Waals surface area (Å²) in [6, 6.07) is 12.1. The Hall–Kier alpha value is -2.73. The second kappa shape index (κ2) is 7.88. The number of fused-ring (bicyclic) bond motifs is 1. The van der Waals surface area contributed by atoms with Crippen molar-refractivity contribution in [3.8, 4) is 0 Å². The van der Waals surface area contributed by atoms with E-state index in [0.717, 1.165) is 37.1 Å². The fourth-order valence-corrected chi connectivity index (χ4v) is 3.77. The van der Waals surface area contributed by atoms with E-state index in [-0.39, 0.29) is 5.91 Å². The predicted molar refractivity (Wildman–Crippen MR) is 104 cm³/mol. The Kier molecular flexibility index (Phi) is 5.16. The number of nitrogens with zero attached hydrogens (tertiary/aromatic N) is 4. The highest BCUT2D eigenvalue weighted by Crippen LogP contribution is 2.20. The molecule has 4 rings (SSSR count). The highest BCUT2D eigenvalue weighted by atomic mass is 16.5. The lowest BCUT2D eigenvalue weighted by Crippen LogP contribution is -2.41. The molecule has 1 saturated heterocycles. The summed E-state index contributed by atoms with van der Waals surface area (Å²) < 4.78 is 7.27. The Morgan fingerprint density at radius 3 is 2.93 bits per heavy atom. The molecule has 2 aromatic heterocycles. The van der Waals surface area contributed by atoms with E-state index in [0.29, 0.717) is 24.6 Å². The van der Waals surface area contributed by atoms with Gasteiger partial charge in [0.2, 0.25) is 0 Å². The van der Waals surface area contributed by atoms with Crippen LogP contribution in [0.4, 0.5) is 0 Å². The summed E-state index contributed by atoms with van der Waals surface area (Å²) in [4.78, 5) is 23.8. The minimum Gasteiger partial charge on any atom is -0.384 e. The number of carbonyl (C=O) groups excluding carboxylic acids is 1. The molecule has 1 unspecified atom stereocenters. The van der Waals surface area contributed by atoms with Crippen LogP contribution in [0.15, 0.2) is 48.9 Å². The molecule has 3 aromatic rings. The summed E-state index contributed by atoms with van der Waals surface area (Å²) in [6.07, 6.45) is 5.59. The third-order valence-electron chi connectivity index (χ3n) is 5.11. The molecule has 0 radical (unpaired) electrons. The fourth-order valence-electron chi connectivity index (χ4n) is 3.77. The first-order chi connectivity index (χ1) is 13.2. The quantitative estimate of drug-likeness (QED) is 0.698. The summed E-state index contributed by atoms with van der Waals surface area (Å²) in [5, 5.41) is 0. The van der Waals surface area contributed by atoms with Gasteiger partial charge in [0.1, 0.15) is 5.52 Å². The van der Waals surface area contributed by atoms with Crippen LogP contribution in [0.25, 0.3) is 11.2 Å². The molecule has 1 fully saturated rings. The molecule has 1 atom stereocenters. The third kappa shape index (κ3) is 3.85. The molecule has 140 valence electrons. The number of rotatable bonds is 5. The van der Waals surface area contributed by atoms with Gasteiger partial charge in [0.05, 0.1) is 25.0 Å². The minimum atomic E-state index is 0.0304. The van der Waals surface area contributed by atoms with E-state index in [1.54, 1.807) is 19.6 Å². The molecule has 0 spiro atoms. The molecule has 1 aromatic carbocycles. The Balaban J connectivity index is 1.53. The van der Waals surface area contributed by atoms with Crippen LogP contribution in [0, 0.1) is 5.92 Å². The van der Waals surface area contributed by atoms with Crippen LogP contribution >= 0.6 is 0 Å². The lowest BCUT2D eigenvalue weighted by molar-refractivity contribution is 0.0570. The molecule has 0 aliphatic carbocycles. The van der Waals surface area contributed by atoms with Crippen LogP contribution in [-0.4, -0.2) is 52.1 Å². The van der Waals surface area contributed by atoms with Gasteiger partial charge in [0.25, 0.3) is 5.91 Å². The molecule has 3 heterocycles. The Morgan fingerprint density at radius 2 is 2.11 bits per heavy atom. The van der Waals surface area contributed by atoms with Gasteiger partial charge >= 0.3 is 0 Å². The van der Waals surface area contributed by atoms with E-state index < -0.39 is 0 Å². The summed E-state index contributed by atoms with van der Waals surface area (Å²) in [5.41, 5.74) is 3.34. The molecule has 0 N–H and O–H groups in total. The first kappa shape index (κ1) is 17.7. The minimum absolute atomic E-state index is 0.0304. The zero-order chi connectivity index (χ0) is 18.6. The van der Waals surface area contributed by atoms with Crippen molar-refractivity contribution in [3.63, 3.8) is 0 Å². The molecule has 0 bridgehead atoms. The number of methoxy groups -OCH3 is 1. The second-order valence-corrected chi connectivity index (χ2v) is 7.14. The Morgan fingerprint density at radius 1 is 1.26 bits per heavy atom. The maximum atomic E-state index is 12.9. The average molecular weight is 364 g/mol. The third-order valence-corrected chi connectivity index (χ3v) is 5.11. The number of hydrogen-bond acceptors (Lipinski definition) is 4. The van der Waals surface area contributed by atoms with Gasteiger partial charge in [-0.15, -0.1) is 0 Å². The van der Waals surface area contributed by atoms with Crippen molar-refractivity contribution in [1.82, 2.24) is 19.4 Å².